The first-order valence-corrected chi connectivity index (χ1v) is 6.58. The molecule has 1 rings (SSSR count). The van der Waals surface area contributed by atoms with Gasteiger partial charge in [0.2, 0.25) is 0 Å². The van der Waals surface area contributed by atoms with E-state index in [1.165, 1.54) is 6.07 Å². The number of halogens is 1. The van der Waals surface area contributed by atoms with Gasteiger partial charge in [-0.3, -0.25) is 4.21 Å². The number of hydrogen-bond acceptors (Lipinski definition) is 2. The van der Waals surface area contributed by atoms with Crippen molar-refractivity contribution >= 4 is 10.8 Å². The van der Waals surface area contributed by atoms with Crippen molar-refractivity contribution in [1.82, 2.24) is 5.32 Å². The first-order valence-electron chi connectivity index (χ1n) is 4.85. The summed E-state index contributed by atoms with van der Waals surface area (Å²) in [6.45, 7) is 3.07. The number of benzene rings is 1. The van der Waals surface area contributed by atoms with Crippen molar-refractivity contribution in [1.29, 1.82) is 0 Å². The number of rotatable bonds is 5. The van der Waals surface area contributed by atoms with Crippen molar-refractivity contribution in [2.45, 2.75) is 13.5 Å². The van der Waals surface area contributed by atoms with Gasteiger partial charge in [0.25, 0.3) is 0 Å². The average Bonchev–Trinajstić information content (AvgIpc) is 2.17. The molecule has 15 heavy (non-hydrogen) atoms. The van der Waals surface area contributed by atoms with Crippen LogP contribution >= 0.6 is 0 Å². The SMILES string of the molecule is Cc1ccc(F)c(CNCC[S@](C)=O)c1. The molecule has 0 aliphatic rings. The van der Waals surface area contributed by atoms with E-state index in [0.29, 0.717) is 24.4 Å². The molecule has 0 aliphatic heterocycles. The van der Waals surface area contributed by atoms with Crippen LogP contribution in [0, 0.1) is 12.7 Å². The molecule has 0 unspecified atom stereocenters. The highest BCUT2D eigenvalue weighted by molar-refractivity contribution is 7.84. The molecule has 4 heteroatoms. The van der Waals surface area contributed by atoms with E-state index in [9.17, 15) is 8.60 Å². The largest absolute Gasteiger partial charge is 0.312 e. The highest BCUT2D eigenvalue weighted by atomic mass is 32.2. The minimum atomic E-state index is -0.789. The Hall–Kier alpha value is -0.740. The van der Waals surface area contributed by atoms with E-state index in [1.54, 1.807) is 12.3 Å². The standard InChI is InChI=1S/C11H16FNOS/c1-9-3-4-11(12)10(7-9)8-13-5-6-15(2)14/h3-4,7,13H,5-6,8H2,1-2H3/t15-/m0/s1. The molecule has 2 nitrogen and oxygen atoms in total. The summed E-state index contributed by atoms with van der Waals surface area (Å²) >= 11 is 0. The molecule has 0 aromatic heterocycles. The molecular weight excluding hydrogens is 213 g/mol. The monoisotopic (exact) mass is 229 g/mol. The van der Waals surface area contributed by atoms with Crippen LogP contribution in [0.1, 0.15) is 11.1 Å². The van der Waals surface area contributed by atoms with Crippen molar-refractivity contribution in [2.75, 3.05) is 18.6 Å². The fraction of sp³-hybridized carbons (Fsp3) is 0.455. The third-order valence-electron chi connectivity index (χ3n) is 2.08. The minimum absolute atomic E-state index is 0.189. The predicted molar refractivity (Wildman–Crippen MR) is 61.8 cm³/mol. The fourth-order valence-corrected chi connectivity index (χ4v) is 1.71. The van der Waals surface area contributed by atoms with Crippen molar-refractivity contribution in [3.63, 3.8) is 0 Å². The molecule has 1 aromatic carbocycles. The van der Waals surface area contributed by atoms with Crippen LogP contribution in [0.3, 0.4) is 0 Å². The summed E-state index contributed by atoms with van der Waals surface area (Å²) < 4.78 is 24.0. The Kier molecular flexibility index (Phi) is 4.91. The quantitative estimate of drug-likeness (QED) is 0.777. The first-order chi connectivity index (χ1) is 7.09. The van der Waals surface area contributed by atoms with E-state index in [2.05, 4.69) is 5.32 Å². The van der Waals surface area contributed by atoms with Crippen LogP contribution in [0.5, 0.6) is 0 Å². The van der Waals surface area contributed by atoms with E-state index >= 15 is 0 Å². The highest BCUT2D eigenvalue weighted by Crippen LogP contribution is 2.09. The minimum Gasteiger partial charge on any atom is -0.312 e. The van der Waals surface area contributed by atoms with Crippen LogP contribution in [0.2, 0.25) is 0 Å². The van der Waals surface area contributed by atoms with Crippen LogP contribution in [0.4, 0.5) is 4.39 Å². The lowest BCUT2D eigenvalue weighted by Gasteiger charge is -2.06. The second-order valence-electron chi connectivity index (χ2n) is 3.55. The molecular formula is C11H16FNOS. The molecule has 0 amide bonds. The zero-order valence-electron chi connectivity index (χ0n) is 9.05. The van der Waals surface area contributed by atoms with Gasteiger partial charge in [-0.1, -0.05) is 17.7 Å². The lowest BCUT2D eigenvalue weighted by atomic mass is 10.1. The lowest BCUT2D eigenvalue weighted by molar-refractivity contribution is 0.592. The summed E-state index contributed by atoms with van der Waals surface area (Å²) in [6.07, 6.45) is 1.66. The van der Waals surface area contributed by atoms with Gasteiger partial charge in [-0.05, 0) is 13.0 Å². The fourth-order valence-electron chi connectivity index (χ4n) is 1.28. The second kappa shape index (κ2) is 5.98. The van der Waals surface area contributed by atoms with E-state index < -0.39 is 10.8 Å². The van der Waals surface area contributed by atoms with Crippen molar-refractivity contribution in [3.8, 4) is 0 Å². The maximum absolute atomic E-state index is 13.3. The van der Waals surface area contributed by atoms with Gasteiger partial charge in [0.05, 0.1) is 0 Å². The van der Waals surface area contributed by atoms with Gasteiger partial charge in [0.15, 0.2) is 0 Å². The van der Waals surface area contributed by atoms with Crippen LogP contribution in [-0.4, -0.2) is 22.8 Å². The van der Waals surface area contributed by atoms with Crippen LogP contribution in [0.15, 0.2) is 18.2 Å². The molecule has 0 aliphatic carbocycles. The molecule has 0 fully saturated rings. The van der Waals surface area contributed by atoms with Gasteiger partial charge in [0, 0.05) is 41.5 Å². The number of aryl methyl sites for hydroxylation is 1. The van der Waals surface area contributed by atoms with Gasteiger partial charge in [-0.2, -0.15) is 0 Å². The van der Waals surface area contributed by atoms with E-state index in [1.807, 2.05) is 13.0 Å². The van der Waals surface area contributed by atoms with E-state index in [0.717, 1.165) is 5.56 Å². The molecule has 0 saturated carbocycles. The zero-order valence-corrected chi connectivity index (χ0v) is 9.86. The van der Waals surface area contributed by atoms with Gasteiger partial charge in [0.1, 0.15) is 5.82 Å². The summed E-state index contributed by atoms with van der Waals surface area (Å²) in [6, 6.07) is 5.05. The Labute approximate surface area is 92.3 Å². The van der Waals surface area contributed by atoms with Crippen LogP contribution in [-0.2, 0) is 17.3 Å². The molecule has 0 spiro atoms. The maximum Gasteiger partial charge on any atom is 0.127 e. The Bertz CT molecular complexity index is 354. The third kappa shape index (κ3) is 4.53. The smallest absolute Gasteiger partial charge is 0.127 e. The summed E-state index contributed by atoms with van der Waals surface area (Å²) in [5.74, 6) is 0.415. The summed E-state index contributed by atoms with van der Waals surface area (Å²) in [7, 11) is -0.789. The molecule has 84 valence electrons. The van der Waals surface area contributed by atoms with Crippen LogP contribution < -0.4 is 5.32 Å². The van der Waals surface area contributed by atoms with Crippen molar-refractivity contribution in [2.24, 2.45) is 0 Å². The van der Waals surface area contributed by atoms with Crippen LogP contribution in [0.25, 0.3) is 0 Å². The summed E-state index contributed by atoms with van der Waals surface area (Å²) in [5.41, 5.74) is 1.71. The second-order valence-corrected chi connectivity index (χ2v) is 5.10. The van der Waals surface area contributed by atoms with E-state index in [4.69, 9.17) is 0 Å². The summed E-state index contributed by atoms with van der Waals surface area (Å²) in [5, 5.41) is 3.07. The number of nitrogens with one attached hydrogen (secondary N) is 1. The normalized spacial score (nSPS) is 12.7. The van der Waals surface area contributed by atoms with Crippen molar-refractivity contribution < 1.29 is 8.60 Å². The van der Waals surface area contributed by atoms with Gasteiger partial charge < -0.3 is 5.32 Å². The molecule has 0 bridgehead atoms. The first kappa shape index (κ1) is 12.3. The summed E-state index contributed by atoms with van der Waals surface area (Å²) in [4.78, 5) is 0. The van der Waals surface area contributed by atoms with Gasteiger partial charge >= 0.3 is 0 Å². The topological polar surface area (TPSA) is 29.1 Å². The third-order valence-corrected chi connectivity index (χ3v) is 2.86. The molecule has 1 aromatic rings. The predicted octanol–water partition coefficient (Wildman–Crippen LogP) is 1.60. The Morgan fingerprint density at radius 2 is 2.20 bits per heavy atom. The molecule has 1 atom stereocenters. The van der Waals surface area contributed by atoms with Gasteiger partial charge in [-0.15, -0.1) is 0 Å². The average molecular weight is 229 g/mol. The lowest BCUT2D eigenvalue weighted by Crippen LogP contribution is -2.20. The highest BCUT2D eigenvalue weighted by Gasteiger charge is 2.01. The Morgan fingerprint density at radius 1 is 1.47 bits per heavy atom. The molecule has 1 N–H and O–H groups in total. The molecule has 0 saturated heterocycles. The maximum atomic E-state index is 13.3. The molecule has 0 heterocycles. The Balaban J connectivity index is 2.43. The zero-order chi connectivity index (χ0) is 11.3. The van der Waals surface area contributed by atoms with Gasteiger partial charge in [-0.25, -0.2) is 4.39 Å². The van der Waals surface area contributed by atoms with Crippen molar-refractivity contribution in [3.05, 3.63) is 35.1 Å². The number of hydrogen-bond donors (Lipinski definition) is 1. The molecule has 0 radical (unpaired) electrons. The Morgan fingerprint density at radius 3 is 2.87 bits per heavy atom. The van der Waals surface area contributed by atoms with E-state index in [-0.39, 0.29) is 5.82 Å².